The van der Waals surface area contributed by atoms with Crippen LogP contribution in [0.15, 0.2) is 0 Å². The molecule has 0 saturated carbocycles. The summed E-state index contributed by atoms with van der Waals surface area (Å²) in [6, 6.07) is 0. The SMILES string of the molecule is CCCOCCN(C)C(C)(C)CCl. The molecule has 80 valence electrons. The maximum Gasteiger partial charge on any atom is 0.0593 e. The summed E-state index contributed by atoms with van der Waals surface area (Å²) in [5.74, 6) is 0.650. The van der Waals surface area contributed by atoms with Gasteiger partial charge in [0.1, 0.15) is 0 Å². The van der Waals surface area contributed by atoms with Crippen molar-refractivity contribution in [2.75, 3.05) is 32.7 Å². The molecule has 0 bridgehead atoms. The lowest BCUT2D eigenvalue weighted by atomic mass is 10.1. The minimum atomic E-state index is 0.0666. The normalized spacial score (nSPS) is 12.5. The van der Waals surface area contributed by atoms with Gasteiger partial charge in [-0.2, -0.15) is 0 Å². The first-order valence-electron chi connectivity index (χ1n) is 4.89. The molecule has 0 aliphatic heterocycles. The fourth-order valence-electron chi connectivity index (χ4n) is 0.853. The predicted molar refractivity (Wildman–Crippen MR) is 58.5 cm³/mol. The third-order valence-corrected chi connectivity index (χ3v) is 2.93. The fraction of sp³-hybridized carbons (Fsp3) is 1.00. The highest BCUT2D eigenvalue weighted by Gasteiger charge is 2.21. The van der Waals surface area contributed by atoms with E-state index in [0.717, 1.165) is 26.2 Å². The van der Waals surface area contributed by atoms with Crippen molar-refractivity contribution in [3.63, 3.8) is 0 Å². The molecule has 0 heterocycles. The molecule has 0 amide bonds. The summed E-state index contributed by atoms with van der Waals surface area (Å²) in [4.78, 5) is 2.23. The van der Waals surface area contributed by atoms with E-state index in [4.69, 9.17) is 16.3 Å². The average Bonchev–Trinajstić information content (AvgIpc) is 2.12. The molecule has 0 aliphatic carbocycles. The lowest BCUT2D eigenvalue weighted by Crippen LogP contribution is -2.44. The van der Waals surface area contributed by atoms with Crippen LogP contribution in [0.4, 0.5) is 0 Å². The van der Waals surface area contributed by atoms with Gasteiger partial charge in [0.05, 0.1) is 6.61 Å². The quantitative estimate of drug-likeness (QED) is 0.470. The van der Waals surface area contributed by atoms with Gasteiger partial charge >= 0.3 is 0 Å². The zero-order chi connectivity index (χ0) is 10.3. The van der Waals surface area contributed by atoms with E-state index in [1.54, 1.807) is 0 Å². The van der Waals surface area contributed by atoms with Crippen molar-refractivity contribution >= 4 is 11.6 Å². The van der Waals surface area contributed by atoms with Crippen molar-refractivity contribution in [3.8, 4) is 0 Å². The Morgan fingerprint density at radius 1 is 1.31 bits per heavy atom. The van der Waals surface area contributed by atoms with Gasteiger partial charge in [0.15, 0.2) is 0 Å². The third-order valence-electron chi connectivity index (χ3n) is 2.28. The first kappa shape index (κ1) is 13.2. The number of hydrogen-bond donors (Lipinski definition) is 0. The number of alkyl halides is 1. The summed E-state index contributed by atoms with van der Waals surface area (Å²) in [6.45, 7) is 8.99. The first-order valence-corrected chi connectivity index (χ1v) is 5.43. The smallest absolute Gasteiger partial charge is 0.0593 e. The van der Waals surface area contributed by atoms with Crippen molar-refractivity contribution < 1.29 is 4.74 Å². The summed E-state index contributed by atoms with van der Waals surface area (Å²) < 4.78 is 5.41. The third kappa shape index (κ3) is 5.50. The van der Waals surface area contributed by atoms with Gasteiger partial charge in [0.2, 0.25) is 0 Å². The molecule has 0 aliphatic rings. The maximum atomic E-state index is 5.85. The number of likely N-dealkylation sites (N-methyl/N-ethyl adjacent to an activating group) is 1. The monoisotopic (exact) mass is 207 g/mol. The van der Waals surface area contributed by atoms with E-state index in [2.05, 4.69) is 32.7 Å². The Labute approximate surface area is 87.2 Å². The number of halogens is 1. The molecule has 0 saturated heterocycles. The molecule has 0 rings (SSSR count). The Morgan fingerprint density at radius 2 is 1.92 bits per heavy atom. The van der Waals surface area contributed by atoms with Crippen LogP contribution in [0, 0.1) is 0 Å². The van der Waals surface area contributed by atoms with Crippen molar-refractivity contribution in [1.82, 2.24) is 4.90 Å². The van der Waals surface area contributed by atoms with Crippen LogP contribution in [0.3, 0.4) is 0 Å². The second-order valence-electron chi connectivity index (χ2n) is 3.98. The Kier molecular flexibility index (Phi) is 6.74. The lowest BCUT2D eigenvalue weighted by molar-refractivity contribution is 0.0823. The summed E-state index contributed by atoms with van der Waals surface area (Å²) in [7, 11) is 2.08. The summed E-state index contributed by atoms with van der Waals surface area (Å²) in [5, 5.41) is 0. The van der Waals surface area contributed by atoms with Gasteiger partial charge in [-0.25, -0.2) is 0 Å². The lowest BCUT2D eigenvalue weighted by Gasteiger charge is -2.33. The molecule has 13 heavy (non-hydrogen) atoms. The average molecular weight is 208 g/mol. The summed E-state index contributed by atoms with van der Waals surface area (Å²) in [5.41, 5.74) is 0.0666. The standard InChI is InChI=1S/C10H22ClNO/c1-5-7-13-8-6-12(4)10(2,3)9-11/h5-9H2,1-4H3. The van der Waals surface area contributed by atoms with Crippen molar-refractivity contribution in [3.05, 3.63) is 0 Å². The van der Waals surface area contributed by atoms with Crippen molar-refractivity contribution in [1.29, 1.82) is 0 Å². The molecule has 0 spiro atoms. The van der Waals surface area contributed by atoms with E-state index < -0.39 is 0 Å². The van der Waals surface area contributed by atoms with Crippen LogP contribution < -0.4 is 0 Å². The van der Waals surface area contributed by atoms with Crippen molar-refractivity contribution in [2.45, 2.75) is 32.7 Å². The minimum Gasteiger partial charge on any atom is -0.380 e. The zero-order valence-corrected chi connectivity index (χ0v) is 10.0. The van der Waals surface area contributed by atoms with E-state index >= 15 is 0 Å². The van der Waals surface area contributed by atoms with E-state index in [1.165, 1.54) is 0 Å². The van der Waals surface area contributed by atoms with Gasteiger partial charge in [-0.15, -0.1) is 11.6 Å². The topological polar surface area (TPSA) is 12.5 Å². The summed E-state index contributed by atoms with van der Waals surface area (Å²) in [6.07, 6.45) is 1.09. The number of rotatable bonds is 7. The number of nitrogens with zero attached hydrogens (tertiary/aromatic N) is 1. The van der Waals surface area contributed by atoms with Crippen LogP contribution in [-0.4, -0.2) is 43.1 Å². The highest BCUT2D eigenvalue weighted by molar-refractivity contribution is 6.18. The van der Waals surface area contributed by atoms with E-state index in [1.807, 2.05) is 0 Å². The molecule has 0 aromatic carbocycles. The van der Waals surface area contributed by atoms with Gasteiger partial charge in [-0.05, 0) is 27.3 Å². The predicted octanol–water partition coefficient (Wildman–Crippen LogP) is 2.36. The van der Waals surface area contributed by atoms with Gasteiger partial charge in [0, 0.05) is 24.6 Å². The number of hydrogen-bond acceptors (Lipinski definition) is 2. The molecule has 0 aromatic heterocycles. The van der Waals surface area contributed by atoms with Crippen LogP contribution in [0.1, 0.15) is 27.2 Å². The molecule has 0 unspecified atom stereocenters. The van der Waals surface area contributed by atoms with Crippen molar-refractivity contribution in [2.24, 2.45) is 0 Å². The zero-order valence-electron chi connectivity index (χ0n) is 9.27. The molecule has 0 fully saturated rings. The molecular formula is C10H22ClNO. The van der Waals surface area contributed by atoms with Crippen LogP contribution in [0.2, 0.25) is 0 Å². The highest BCUT2D eigenvalue weighted by atomic mass is 35.5. The second kappa shape index (κ2) is 6.63. The second-order valence-corrected chi connectivity index (χ2v) is 4.25. The Bertz CT molecular complexity index is 128. The first-order chi connectivity index (χ1) is 6.04. The highest BCUT2D eigenvalue weighted by Crippen LogP contribution is 2.13. The largest absolute Gasteiger partial charge is 0.380 e. The van der Waals surface area contributed by atoms with Gasteiger partial charge in [-0.1, -0.05) is 6.92 Å². The maximum absolute atomic E-state index is 5.85. The molecule has 3 heteroatoms. The van der Waals surface area contributed by atoms with Crippen LogP contribution in [0.25, 0.3) is 0 Å². The van der Waals surface area contributed by atoms with Gasteiger partial charge in [-0.3, -0.25) is 4.90 Å². The Hall–Kier alpha value is 0.210. The summed E-state index contributed by atoms with van der Waals surface area (Å²) >= 11 is 5.85. The van der Waals surface area contributed by atoms with Gasteiger partial charge < -0.3 is 4.74 Å². The van der Waals surface area contributed by atoms with Crippen LogP contribution in [-0.2, 0) is 4.74 Å². The fourth-order valence-corrected chi connectivity index (χ4v) is 1.06. The minimum absolute atomic E-state index is 0.0666. The van der Waals surface area contributed by atoms with Crippen LogP contribution in [0.5, 0.6) is 0 Å². The number of ether oxygens (including phenoxy) is 1. The van der Waals surface area contributed by atoms with Crippen LogP contribution >= 0.6 is 11.6 Å². The van der Waals surface area contributed by atoms with E-state index in [9.17, 15) is 0 Å². The molecule has 0 N–H and O–H groups in total. The molecule has 2 nitrogen and oxygen atoms in total. The van der Waals surface area contributed by atoms with E-state index in [0.29, 0.717) is 5.88 Å². The van der Waals surface area contributed by atoms with E-state index in [-0.39, 0.29) is 5.54 Å². The molecule has 0 atom stereocenters. The molecule has 0 radical (unpaired) electrons. The molecular weight excluding hydrogens is 186 g/mol. The molecule has 0 aromatic rings. The Balaban J connectivity index is 3.55. The van der Waals surface area contributed by atoms with Gasteiger partial charge in [0.25, 0.3) is 0 Å². The Morgan fingerprint density at radius 3 is 2.38 bits per heavy atom.